The number of pyridine rings is 2. The number of carbonyl (C=O) groups excluding carboxylic acids is 1. The van der Waals surface area contributed by atoms with E-state index in [2.05, 4.69) is 15.1 Å². The first kappa shape index (κ1) is 18.7. The van der Waals surface area contributed by atoms with Crippen molar-refractivity contribution in [2.24, 2.45) is 0 Å². The van der Waals surface area contributed by atoms with Crippen molar-refractivity contribution in [2.45, 2.75) is 13.5 Å². The molecule has 0 atom stereocenters. The number of fused-ring (bicyclic) bond motifs is 2. The smallest absolute Gasteiger partial charge is 0.339 e. The van der Waals surface area contributed by atoms with E-state index < -0.39 is 5.97 Å². The average Bonchev–Trinajstić information content (AvgIpc) is 3.42. The van der Waals surface area contributed by atoms with E-state index in [0.29, 0.717) is 38.8 Å². The molecule has 0 fully saturated rings. The number of aromatic nitrogens is 3. The molecule has 4 heterocycles. The highest BCUT2D eigenvalue weighted by atomic mass is 35.5. The maximum atomic E-state index is 13.0. The number of thiophene rings is 1. The number of nitrogens with zero attached hydrogens (tertiary/aromatic N) is 3. The number of halogens is 1. The van der Waals surface area contributed by atoms with Crippen LogP contribution in [0.15, 0.2) is 58.4 Å². The normalized spacial score (nSPS) is 11.3. The van der Waals surface area contributed by atoms with Gasteiger partial charge >= 0.3 is 5.97 Å². The first-order valence-corrected chi connectivity index (χ1v) is 10.4. The molecule has 0 bridgehead atoms. The Bertz CT molecular complexity index is 1400. The third kappa shape index (κ3) is 3.32. The van der Waals surface area contributed by atoms with Gasteiger partial charge in [0.2, 0.25) is 0 Å². The zero-order valence-electron chi connectivity index (χ0n) is 15.8. The van der Waals surface area contributed by atoms with E-state index in [1.54, 1.807) is 13.0 Å². The standard InChI is InChI=1S/C22H14ClN3O3S/c1-12-19-15(10-17(18-7-4-8-30-18)25-21(19)29-26-12)22(27)28-11-14-9-13-5-2-3-6-16(13)24-20(14)23/h2-10H,11H2,1H3. The van der Waals surface area contributed by atoms with Crippen LogP contribution in [0.2, 0.25) is 5.15 Å². The van der Waals surface area contributed by atoms with E-state index in [9.17, 15) is 4.79 Å². The molecule has 0 amide bonds. The second-order valence-electron chi connectivity index (χ2n) is 6.69. The third-order valence-corrected chi connectivity index (χ3v) is 5.94. The van der Waals surface area contributed by atoms with Crippen LogP contribution in [-0.4, -0.2) is 21.1 Å². The highest BCUT2D eigenvalue weighted by Crippen LogP contribution is 2.30. The van der Waals surface area contributed by atoms with Gasteiger partial charge in [-0.05, 0) is 36.6 Å². The molecule has 4 aromatic heterocycles. The Hall–Kier alpha value is -3.29. The molecule has 0 spiro atoms. The monoisotopic (exact) mass is 435 g/mol. The van der Waals surface area contributed by atoms with Crippen molar-refractivity contribution in [1.29, 1.82) is 0 Å². The molecule has 8 heteroatoms. The fourth-order valence-electron chi connectivity index (χ4n) is 3.26. The number of aryl methyl sites for hydroxylation is 1. The Morgan fingerprint density at radius 3 is 2.87 bits per heavy atom. The summed E-state index contributed by atoms with van der Waals surface area (Å²) >= 11 is 7.81. The molecule has 6 nitrogen and oxygen atoms in total. The van der Waals surface area contributed by atoms with Crippen LogP contribution in [0.1, 0.15) is 21.6 Å². The highest BCUT2D eigenvalue weighted by molar-refractivity contribution is 7.13. The molecule has 0 unspecified atom stereocenters. The van der Waals surface area contributed by atoms with Gasteiger partial charge in [-0.3, -0.25) is 0 Å². The summed E-state index contributed by atoms with van der Waals surface area (Å²) in [4.78, 5) is 22.8. The molecule has 0 N–H and O–H groups in total. The maximum absolute atomic E-state index is 13.0. The van der Waals surface area contributed by atoms with Gasteiger partial charge in [-0.2, -0.15) is 0 Å². The molecule has 0 radical (unpaired) electrons. The van der Waals surface area contributed by atoms with Crippen LogP contribution < -0.4 is 0 Å². The summed E-state index contributed by atoms with van der Waals surface area (Å²) in [6.07, 6.45) is 0. The van der Waals surface area contributed by atoms with E-state index >= 15 is 0 Å². The van der Waals surface area contributed by atoms with E-state index in [1.807, 2.05) is 47.8 Å². The zero-order valence-corrected chi connectivity index (χ0v) is 17.3. The summed E-state index contributed by atoms with van der Waals surface area (Å²) in [5, 5.41) is 7.68. The van der Waals surface area contributed by atoms with Crippen LogP contribution in [0.3, 0.4) is 0 Å². The lowest BCUT2D eigenvalue weighted by Crippen LogP contribution is -2.07. The number of esters is 1. The van der Waals surface area contributed by atoms with Crippen molar-refractivity contribution in [3.05, 3.63) is 75.9 Å². The molecule has 0 aliphatic heterocycles. The van der Waals surface area contributed by atoms with Crippen LogP contribution >= 0.6 is 22.9 Å². The predicted molar refractivity (Wildman–Crippen MR) is 116 cm³/mol. The van der Waals surface area contributed by atoms with Gasteiger partial charge in [-0.1, -0.05) is 41.0 Å². The van der Waals surface area contributed by atoms with Crippen molar-refractivity contribution in [3.8, 4) is 10.6 Å². The van der Waals surface area contributed by atoms with Gasteiger partial charge in [0.1, 0.15) is 11.8 Å². The summed E-state index contributed by atoms with van der Waals surface area (Å²) < 4.78 is 10.9. The quantitative estimate of drug-likeness (QED) is 0.261. The molecule has 148 valence electrons. The average molecular weight is 436 g/mol. The number of ether oxygens (including phenoxy) is 1. The molecule has 0 aliphatic carbocycles. The third-order valence-electron chi connectivity index (χ3n) is 4.72. The second-order valence-corrected chi connectivity index (χ2v) is 7.99. The number of hydrogen-bond donors (Lipinski definition) is 0. The van der Waals surface area contributed by atoms with Gasteiger partial charge in [0.15, 0.2) is 0 Å². The lowest BCUT2D eigenvalue weighted by Gasteiger charge is -2.09. The molecule has 0 aliphatic rings. The van der Waals surface area contributed by atoms with Crippen LogP contribution in [-0.2, 0) is 11.3 Å². The number of hydrogen-bond acceptors (Lipinski definition) is 7. The molecule has 1 aromatic carbocycles. The van der Waals surface area contributed by atoms with E-state index in [0.717, 1.165) is 15.8 Å². The van der Waals surface area contributed by atoms with Crippen LogP contribution in [0.5, 0.6) is 0 Å². The Morgan fingerprint density at radius 2 is 2.03 bits per heavy atom. The van der Waals surface area contributed by atoms with Crippen molar-refractivity contribution in [2.75, 3.05) is 0 Å². The number of carbonyl (C=O) groups is 1. The van der Waals surface area contributed by atoms with Gasteiger partial charge in [-0.15, -0.1) is 11.3 Å². The maximum Gasteiger partial charge on any atom is 0.339 e. The second kappa shape index (κ2) is 7.51. The lowest BCUT2D eigenvalue weighted by molar-refractivity contribution is 0.0475. The van der Waals surface area contributed by atoms with E-state index in [-0.39, 0.29) is 6.61 Å². The summed E-state index contributed by atoms with van der Waals surface area (Å²) in [5.41, 5.74) is 3.28. The minimum absolute atomic E-state index is 0.00200. The summed E-state index contributed by atoms with van der Waals surface area (Å²) in [6.45, 7) is 1.76. The summed E-state index contributed by atoms with van der Waals surface area (Å²) in [7, 11) is 0. The molecule has 5 aromatic rings. The molecular weight excluding hydrogens is 422 g/mol. The number of rotatable bonds is 4. The minimum Gasteiger partial charge on any atom is -0.457 e. The molecule has 0 saturated heterocycles. The fourth-order valence-corrected chi connectivity index (χ4v) is 4.15. The summed E-state index contributed by atoms with van der Waals surface area (Å²) in [5.74, 6) is -0.504. The topological polar surface area (TPSA) is 78.1 Å². The number of benzene rings is 1. The van der Waals surface area contributed by atoms with Crippen LogP contribution in [0.25, 0.3) is 32.6 Å². The van der Waals surface area contributed by atoms with Gasteiger partial charge in [0.25, 0.3) is 5.71 Å². The van der Waals surface area contributed by atoms with Crippen LogP contribution in [0, 0.1) is 6.92 Å². The highest BCUT2D eigenvalue weighted by Gasteiger charge is 2.21. The Balaban J connectivity index is 1.49. The molecule has 0 saturated carbocycles. The number of para-hydroxylation sites is 1. The molecule has 5 rings (SSSR count). The van der Waals surface area contributed by atoms with E-state index in [4.69, 9.17) is 20.9 Å². The SMILES string of the molecule is Cc1noc2nc(-c3cccs3)cc(C(=O)OCc3cc4ccccc4nc3Cl)c12. The largest absolute Gasteiger partial charge is 0.457 e. The molecule has 30 heavy (non-hydrogen) atoms. The van der Waals surface area contributed by atoms with Gasteiger partial charge in [0, 0.05) is 10.9 Å². The van der Waals surface area contributed by atoms with Gasteiger partial charge < -0.3 is 9.26 Å². The first-order valence-electron chi connectivity index (χ1n) is 9.12. The van der Waals surface area contributed by atoms with Crippen molar-refractivity contribution < 1.29 is 14.1 Å². The molecular formula is C22H14ClN3O3S. The van der Waals surface area contributed by atoms with E-state index in [1.165, 1.54) is 11.3 Å². The summed E-state index contributed by atoms with van der Waals surface area (Å²) in [6, 6.07) is 15.1. The van der Waals surface area contributed by atoms with Gasteiger partial charge in [0.05, 0.1) is 32.7 Å². The van der Waals surface area contributed by atoms with Gasteiger partial charge in [-0.25, -0.2) is 14.8 Å². The Kier molecular flexibility index (Phi) is 4.69. The van der Waals surface area contributed by atoms with Crippen molar-refractivity contribution >= 4 is 50.9 Å². The predicted octanol–water partition coefficient (Wildman–Crippen LogP) is 5.82. The Morgan fingerprint density at radius 1 is 1.17 bits per heavy atom. The minimum atomic E-state index is -0.504. The fraction of sp³-hybridized carbons (Fsp3) is 0.0909. The first-order chi connectivity index (χ1) is 14.6. The lowest BCUT2D eigenvalue weighted by atomic mass is 10.1. The Labute approximate surface area is 180 Å². The van der Waals surface area contributed by atoms with Crippen molar-refractivity contribution in [3.63, 3.8) is 0 Å². The van der Waals surface area contributed by atoms with Crippen molar-refractivity contribution in [1.82, 2.24) is 15.1 Å². The van der Waals surface area contributed by atoms with Crippen LogP contribution in [0.4, 0.5) is 0 Å². The zero-order chi connectivity index (χ0) is 20.7.